The Balaban J connectivity index is 1.89. The SMILES string of the molecule is CCN1C(=O)CS[C@H]1c1ccn(-c2cccc(F)c2)c1. The Bertz CT molecular complexity index is 640. The van der Waals surface area contributed by atoms with Crippen LogP contribution in [0, 0.1) is 5.82 Å². The van der Waals surface area contributed by atoms with E-state index in [0.29, 0.717) is 12.3 Å². The molecule has 0 bridgehead atoms. The molecule has 0 aliphatic carbocycles. The monoisotopic (exact) mass is 290 g/mol. The molecule has 1 aliphatic rings. The molecule has 0 saturated carbocycles. The first kappa shape index (κ1) is 13.2. The molecule has 3 nitrogen and oxygen atoms in total. The van der Waals surface area contributed by atoms with Gasteiger partial charge in [-0.1, -0.05) is 6.07 Å². The number of benzene rings is 1. The summed E-state index contributed by atoms with van der Waals surface area (Å²) in [5.41, 5.74) is 1.86. The minimum atomic E-state index is -0.252. The Morgan fingerprint density at radius 2 is 2.25 bits per heavy atom. The number of thioether (sulfide) groups is 1. The van der Waals surface area contributed by atoms with Gasteiger partial charge in [-0.2, -0.15) is 0 Å². The summed E-state index contributed by atoms with van der Waals surface area (Å²) in [5, 5.41) is 0.0716. The third-order valence-electron chi connectivity index (χ3n) is 3.42. The van der Waals surface area contributed by atoms with Crippen molar-refractivity contribution in [1.29, 1.82) is 0 Å². The average Bonchev–Trinajstić information content (AvgIpc) is 3.04. The predicted molar refractivity (Wildman–Crippen MR) is 78.3 cm³/mol. The minimum Gasteiger partial charge on any atom is -0.326 e. The number of carbonyl (C=O) groups is 1. The van der Waals surface area contributed by atoms with E-state index in [-0.39, 0.29) is 17.1 Å². The molecule has 0 unspecified atom stereocenters. The third kappa shape index (κ3) is 2.33. The standard InChI is InChI=1S/C15H15FN2OS/c1-2-18-14(19)10-20-15(18)11-6-7-17(9-11)13-5-3-4-12(16)8-13/h3-9,15H,2,10H2,1H3/t15-/m0/s1. The number of amides is 1. The highest BCUT2D eigenvalue weighted by Crippen LogP contribution is 2.38. The summed E-state index contributed by atoms with van der Waals surface area (Å²) in [4.78, 5) is 13.6. The van der Waals surface area contributed by atoms with Crippen molar-refractivity contribution in [1.82, 2.24) is 9.47 Å². The van der Waals surface area contributed by atoms with Gasteiger partial charge in [0, 0.05) is 30.2 Å². The molecule has 3 rings (SSSR count). The van der Waals surface area contributed by atoms with E-state index >= 15 is 0 Å². The summed E-state index contributed by atoms with van der Waals surface area (Å²) in [5.74, 6) is 0.461. The van der Waals surface area contributed by atoms with Crippen LogP contribution < -0.4 is 0 Å². The second-order valence-corrected chi connectivity index (χ2v) is 5.74. The summed E-state index contributed by atoms with van der Waals surface area (Å²) in [6.07, 6.45) is 3.87. The zero-order chi connectivity index (χ0) is 14.1. The van der Waals surface area contributed by atoms with Crippen molar-refractivity contribution >= 4 is 17.7 Å². The van der Waals surface area contributed by atoms with Crippen molar-refractivity contribution in [2.24, 2.45) is 0 Å². The van der Waals surface area contributed by atoms with Crippen LogP contribution in [0.5, 0.6) is 0 Å². The Labute approximate surface area is 121 Å². The van der Waals surface area contributed by atoms with Crippen LogP contribution in [0.1, 0.15) is 17.9 Å². The van der Waals surface area contributed by atoms with Crippen molar-refractivity contribution < 1.29 is 9.18 Å². The maximum absolute atomic E-state index is 13.3. The summed E-state index contributed by atoms with van der Waals surface area (Å²) in [6, 6.07) is 8.46. The average molecular weight is 290 g/mol. The molecule has 1 aromatic heterocycles. The molecule has 1 fully saturated rings. The Kier molecular flexibility index (Phi) is 3.53. The number of halogens is 1. The summed E-state index contributed by atoms with van der Waals surface area (Å²) in [6.45, 7) is 2.70. The molecule has 104 valence electrons. The van der Waals surface area contributed by atoms with Crippen molar-refractivity contribution in [3.8, 4) is 5.69 Å². The van der Waals surface area contributed by atoms with Crippen LogP contribution in [0.15, 0.2) is 42.7 Å². The van der Waals surface area contributed by atoms with Gasteiger partial charge in [-0.05, 0) is 31.2 Å². The zero-order valence-electron chi connectivity index (χ0n) is 11.1. The molecular formula is C15H15FN2OS. The maximum Gasteiger partial charge on any atom is 0.233 e. The van der Waals surface area contributed by atoms with Crippen molar-refractivity contribution in [3.05, 3.63) is 54.1 Å². The van der Waals surface area contributed by atoms with Crippen molar-refractivity contribution in [2.45, 2.75) is 12.3 Å². The maximum atomic E-state index is 13.3. The summed E-state index contributed by atoms with van der Waals surface area (Å²) in [7, 11) is 0. The first-order valence-electron chi connectivity index (χ1n) is 6.54. The number of carbonyl (C=O) groups excluding carboxylic acids is 1. The van der Waals surface area contributed by atoms with E-state index in [2.05, 4.69) is 0 Å². The van der Waals surface area contributed by atoms with Gasteiger partial charge >= 0.3 is 0 Å². The molecule has 5 heteroatoms. The molecule has 2 aromatic rings. The number of hydrogen-bond acceptors (Lipinski definition) is 2. The third-order valence-corrected chi connectivity index (χ3v) is 4.67. The highest BCUT2D eigenvalue weighted by Gasteiger charge is 2.31. The molecule has 1 aromatic carbocycles. The fourth-order valence-electron chi connectivity index (χ4n) is 2.43. The zero-order valence-corrected chi connectivity index (χ0v) is 11.9. The normalized spacial score (nSPS) is 18.8. The quantitative estimate of drug-likeness (QED) is 0.867. The second-order valence-electron chi connectivity index (χ2n) is 4.68. The van der Waals surface area contributed by atoms with Gasteiger partial charge in [-0.15, -0.1) is 11.8 Å². The summed E-state index contributed by atoms with van der Waals surface area (Å²) < 4.78 is 15.1. The van der Waals surface area contributed by atoms with Gasteiger partial charge in [-0.25, -0.2) is 4.39 Å². The lowest BCUT2D eigenvalue weighted by Crippen LogP contribution is -2.27. The van der Waals surface area contributed by atoms with E-state index in [9.17, 15) is 9.18 Å². The van der Waals surface area contributed by atoms with Crippen LogP contribution in [0.2, 0.25) is 0 Å². The van der Waals surface area contributed by atoms with Gasteiger partial charge in [-0.3, -0.25) is 4.79 Å². The Morgan fingerprint density at radius 3 is 3.00 bits per heavy atom. The molecule has 0 spiro atoms. The van der Waals surface area contributed by atoms with Crippen molar-refractivity contribution in [3.63, 3.8) is 0 Å². The number of rotatable bonds is 3. The fourth-order valence-corrected chi connectivity index (χ4v) is 3.67. The molecule has 0 radical (unpaired) electrons. The van der Waals surface area contributed by atoms with E-state index in [1.165, 1.54) is 12.1 Å². The van der Waals surface area contributed by atoms with Crippen LogP contribution in [0.3, 0.4) is 0 Å². The van der Waals surface area contributed by atoms with Crippen LogP contribution in [0.25, 0.3) is 5.69 Å². The molecule has 1 aliphatic heterocycles. The highest BCUT2D eigenvalue weighted by molar-refractivity contribution is 8.00. The van der Waals surface area contributed by atoms with Gasteiger partial charge < -0.3 is 9.47 Å². The smallest absolute Gasteiger partial charge is 0.233 e. The molecule has 1 saturated heterocycles. The lowest BCUT2D eigenvalue weighted by atomic mass is 10.3. The van der Waals surface area contributed by atoms with Crippen LogP contribution in [-0.4, -0.2) is 27.7 Å². The second kappa shape index (κ2) is 5.32. The fraction of sp³-hybridized carbons (Fsp3) is 0.267. The van der Waals surface area contributed by atoms with Gasteiger partial charge in [0.2, 0.25) is 5.91 Å². The number of aromatic nitrogens is 1. The van der Waals surface area contributed by atoms with Gasteiger partial charge in [0.25, 0.3) is 0 Å². The molecule has 1 atom stereocenters. The van der Waals surface area contributed by atoms with E-state index in [0.717, 1.165) is 11.3 Å². The first-order valence-corrected chi connectivity index (χ1v) is 7.59. The van der Waals surface area contributed by atoms with Gasteiger partial charge in [0.1, 0.15) is 11.2 Å². The predicted octanol–water partition coefficient (Wildman–Crippen LogP) is 3.21. The summed E-state index contributed by atoms with van der Waals surface area (Å²) >= 11 is 1.64. The first-order chi connectivity index (χ1) is 9.69. The minimum absolute atomic E-state index is 0.0716. The van der Waals surface area contributed by atoms with Crippen LogP contribution in [0.4, 0.5) is 4.39 Å². The number of hydrogen-bond donors (Lipinski definition) is 0. The van der Waals surface area contributed by atoms with Gasteiger partial charge in [0.15, 0.2) is 0 Å². The van der Waals surface area contributed by atoms with Crippen LogP contribution >= 0.6 is 11.8 Å². The van der Waals surface area contributed by atoms with E-state index < -0.39 is 0 Å². The number of nitrogens with zero attached hydrogens (tertiary/aromatic N) is 2. The molecular weight excluding hydrogens is 275 g/mol. The van der Waals surface area contributed by atoms with Crippen molar-refractivity contribution in [2.75, 3.05) is 12.3 Å². The molecule has 2 heterocycles. The Hall–Kier alpha value is -1.75. The van der Waals surface area contributed by atoms with Gasteiger partial charge in [0.05, 0.1) is 5.75 Å². The lowest BCUT2D eigenvalue weighted by molar-refractivity contribution is -0.127. The lowest BCUT2D eigenvalue weighted by Gasteiger charge is -2.21. The van der Waals surface area contributed by atoms with E-state index in [1.807, 2.05) is 40.9 Å². The largest absolute Gasteiger partial charge is 0.326 e. The highest BCUT2D eigenvalue weighted by atomic mass is 32.2. The molecule has 20 heavy (non-hydrogen) atoms. The van der Waals surface area contributed by atoms with E-state index in [1.54, 1.807) is 17.8 Å². The Morgan fingerprint density at radius 1 is 1.40 bits per heavy atom. The van der Waals surface area contributed by atoms with Crippen LogP contribution in [-0.2, 0) is 4.79 Å². The molecule has 1 amide bonds. The van der Waals surface area contributed by atoms with E-state index in [4.69, 9.17) is 0 Å². The topological polar surface area (TPSA) is 25.2 Å². The molecule has 0 N–H and O–H groups in total.